The lowest BCUT2D eigenvalue weighted by Crippen LogP contribution is -2.66. The second-order valence-electron chi connectivity index (χ2n) is 33.7. The van der Waals surface area contributed by atoms with Gasteiger partial charge in [-0.3, -0.25) is 95.9 Å². The first-order chi connectivity index (χ1) is 68.7. The fraction of sp³-hybridized carbons (Fsp3) is 0.714. The summed E-state index contributed by atoms with van der Waals surface area (Å²) in [6.45, 7) is 9.99. The van der Waals surface area contributed by atoms with Gasteiger partial charge in [0.1, 0.15) is 56.3 Å². The van der Waals surface area contributed by atoms with Gasteiger partial charge in [-0.15, -0.1) is 0 Å². The Bertz CT molecular complexity index is 4090. The maximum absolute atomic E-state index is 14.4. The predicted octanol–water partition coefficient (Wildman–Crippen LogP) is 0.177. The van der Waals surface area contributed by atoms with Gasteiger partial charge in [0.25, 0.3) is 0 Å². The summed E-state index contributed by atoms with van der Waals surface area (Å²) >= 11 is 0. The Morgan fingerprint density at radius 2 is 0.524 bits per heavy atom. The zero-order chi connectivity index (χ0) is 108. The van der Waals surface area contributed by atoms with E-state index in [0.717, 1.165) is 62.3 Å². The normalized spacial score (nSPS) is 20.8. The van der Waals surface area contributed by atoms with Crippen LogP contribution in [0.15, 0.2) is 0 Å². The standard InChI is InChI=1S/C91H135F5N10O39/c1-50(107)104-78-85(139-59(10)116)81(136-56(7)113)62(43-133-53(4)110)142-88(78)130-37-16-13-23-65(119)97-31-20-34-100-69(123)28-40-127-47-91(46-103-68(122)26-19-27-72(126)145-84-76(95)74(93)73(92)75(94)77(84)96,48-128-41-29-70(124)101-35-21-32-98-66(120)24-14-17-38-131-89-79(105-51(2)108)86(140-60(11)117)82(137-57(8)114)63(143-89)44-134-54(5)111)49-129-42-30-71(125)102-36-22-33-99-67(121)25-15-18-39-132-90-80(106-52(3)109)87(141-61(12)118)83(138-58(9)115)64(144-90)45-135-55(6)112/h62-64,78-83,85-90H,13-49H2,1-12H3,(H,97,119)(H,98,120)(H,99,121)(H,100,123)(H,101,124)(H,102,125)(H,103,122)(H,104,107)(H,105,108)(H,106,109)/t62?,63?,64?,78?,79?,80?,81-,82-,83-,85?,86?,87?,88+,89+,90+,91?/m0/s1. The van der Waals surface area contributed by atoms with Crippen molar-refractivity contribution in [2.75, 3.05) is 125 Å². The smallest absolute Gasteiger partial charge is 0.311 e. The minimum Gasteiger partial charge on any atom is -0.463 e. The van der Waals surface area contributed by atoms with Crippen LogP contribution in [0.3, 0.4) is 0 Å². The van der Waals surface area contributed by atoms with Gasteiger partial charge in [0.05, 0.1) is 45.1 Å². The molecule has 3 heterocycles. The number of halogens is 5. The highest BCUT2D eigenvalue weighted by molar-refractivity contribution is 5.81. The van der Waals surface area contributed by atoms with E-state index in [-0.39, 0.29) is 193 Å². The molecule has 54 heteroatoms. The highest BCUT2D eigenvalue weighted by Crippen LogP contribution is 2.34. The molecule has 0 radical (unpaired) electrons. The van der Waals surface area contributed by atoms with Crippen LogP contribution in [0.4, 0.5) is 22.0 Å². The lowest BCUT2D eigenvalue weighted by molar-refractivity contribution is -0.277. The lowest BCUT2D eigenvalue weighted by Gasteiger charge is -2.44. The Balaban J connectivity index is 1.41. The Hall–Kier alpha value is -12.1. The van der Waals surface area contributed by atoms with Crippen molar-refractivity contribution in [1.82, 2.24) is 53.2 Å². The number of ether oxygens (including phenoxy) is 19. The number of carbonyl (C=O) groups is 20. The molecular formula is C91H135F5N10O39. The monoisotopic (exact) mass is 2090 g/mol. The van der Waals surface area contributed by atoms with E-state index in [4.69, 9.17) is 85.3 Å². The summed E-state index contributed by atoms with van der Waals surface area (Å²) in [4.78, 5) is 250. The van der Waals surface area contributed by atoms with Crippen LogP contribution in [-0.2, 0) is 181 Å². The Kier molecular flexibility index (Phi) is 58.3. The molecule has 0 saturated carbocycles. The molecule has 15 atom stereocenters. The molecule has 1 aromatic rings. The summed E-state index contributed by atoms with van der Waals surface area (Å²) in [6, 6.07) is -3.64. The average molecular weight is 2090 g/mol. The fourth-order valence-corrected chi connectivity index (χ4v) is 14.5. The van der Waals surface area contributed by atoms with Gasteiger partial charge < -0.3 is 143 Å². The van der Waals surface area contributed by atoms with Gasteiger partial charge in [0, 0.05) is 200 Å². The molecule has 145 heavy (non-hydrogen) atoms. The average Bonchev–Trinajstić information content (AvgIpc) is 0.788. The van der Waals surface area contributed by atoms with Gasteiger partial charge in [-0.05, 0) is 64.2 Å². The number of benzene rings is 1. The first-order valence-corrected chi connectivity index (χ1v) is 47.1. The maximum atomic E-state index is 14.4. The molecule has 0 aromatic heterocycles. The van der Waals surface area contributed by atoms with E-state index < -0.39 is 299 Å². The van der Waals surface area contributed by atoms with Crippen molar-refractivity contribution < 1.29 is 208 Å². The Morgan fingerprint density at radius 1 is 0.276 bits per heavy atom. The summed E-state index contributed by atoms with van der Waals surface area (Å²) in [6.07, 6.45) is -15.8. The molecule has 10 N–H and O–H groups in total. The van der Waals surface area contributed by atoms with Crippen molar-refractivity contribution in [3.05, 3.63) is 29.1 Å². The highest BCUT2D eigenvalue weighted by Gasteiger charge is 2.55. The summed E-state index contributed by atoms with van der Waals surface area (Å²) in [7, 11) is 0. The van der Waals surface area contributed by atoms with E-state index in [0.29, 0.717) is 0 Å². The molecule has 3 fully saturated rings. The van der Waals surface area contributed by atoms with Crippen LogP contribution in [0.2, 0.25) is 0 Å². The Morgan fingerprint density at radius 3 is 0.786 bits per heavy atom. The number of hydrogen-bond donors (Lipinski definition) is 10. The molecular weight excluding hydrogens is 1950 g/mol. The van der Waals surface area contributed by atoms with Crippen molar-refractivity contribution in [2.45, 2.75) is 291 Å². The minimum absolute atomic E-state index is 0.0122. The van der Waals surface area contributed by atoms with Gasteiger partial charge >= 0.3 is 59.7 Å². The molecule has 49 nitrogen and oxygen atoms in total. The zero-order valence-corrected chi connectivity index (χ0v) is 83.1. The predicted molar refractivity (Wildman–Crippen MR) is 481 cm³/mol. The number of rotatable bonds is 67. The van der Waals surface area contributed by atoms with Gasteiger partial charge in [-0.25, -0.2) is 13.2 Å². The van der Waals surface area contributed by atoms with E-state index in [2.05, 4.69) is 57.9 Å². The van der Waals surface area contributed by atoms with Crippen molar-refractivity contribution in [2.24, 2.45) is 5.41 Å². The van der Waals surface area contributed by atoms with Crippen LogP contribution >= 0.6 is 0 Å². The lowest BCUT2D eigenvalue weighted by atomic mass is 9.90. The molecule has 3 saturated heterocycles. The van der Waals surface area contributed by atoms with Crippen molar-refractivity contribution in [1.29, 1.82) is 0 Å². The summed E-state index contributed by atoms with van der Waals surface area (Å²) in [5, 5.41) is 26.8. The van der Waals surface area contributed by atoms with Crippen molar-refractivity contribution in [3.63, 3.8) is 0 Å². The molecule has 818 valence electrons. The topological polar surface area (TPSA) is 637 Å². The quantitative estimate of drug-likeness (QED) is 0.00791. The van der Waals surface area contributed by atoms with Gasteiger partial charge in [-0.2, -0.15) is 8.78 Å². The third-order valence-electron chi connectivity index (χ3n) is 20.9. The van der Waals surface area contributed by atoms with E-state index in [9.17, 15) is 118 Å². The van der Waals surface area contributed by atoms with Gasteiger partial charge in [0.15, 0.2) is 55.5 Å². The molecule has 0 aliphatic carbocycles. The van der Waals surface area contributed by atoms with Crippen LogP contribution in [0.1, 0.15) is 199 Å². The van der Waals surface area contributed by atoms with E-state index in [1.165, 1.54) is 20.8 Å². The van der Waals surface area contributed by atoms with E-state index >= 15 is 0 Å². The summed E-state index contributed by atoms with van der Waals surface area (Å²) in [5.41, 5.74) is -1.48. The first-order valence-electron chi connectivity index (χ1n) is 47.1. The molecule has 3 aliphatic rings. The molecule has 9 unspecified atom stereocenters. The Labute approximate surface area is 832 Å². The second-order valence-corrected chi connectivity index (χ2v) is 33.7. The number of carbonyl (C=O) groups excluding carboxylic acids is 20. The van der Waals surface area contributed by atoms with Crippen molar-refractivity contribution in [3.8, 4) is 5.75 Å². The molecule has 3 aliphatic heterocycles. The number of unbranched alkanes of at least 4 members (excludes halogenated alkanes) is 3. The van der Waals surface area contributed by atoms with Crippen molar-refractivity contribution >= 4 is 119 Å². The van der Waals surface area contributed by atoms with Crippen LogP contribution in [0, 0.1) is 34.5 Å². The largest absolute Gasteiger partial charge is 0.463 e. The molecule has 0 spiro atoms. The fourth-order valence-electron chi connectivity index (χ4n) is 14.5. The van der Waals surface area contributed by atoms with Crippen LogP contribution in [0.25, 0.3) is 0 Å². The minimum atomic E-state index is -2.51. The summed E-state index contributed by atoms with van der Waals surface area (Å²) < 4.78 is 177. The third kappa shape index (κ3) is 50.0. The van der Waals surface area contributed by atoms with Gasteiger partial charge in [0.2, 0.25) is 93.9 Å². The van der Waals surface area contributed by atoms with E-state index in [1.54, 1.807) is 0 Å². The molecule has 0 bridgehead atoms. The highest BCUT2D eigenvalue weighted by atomic mass is 19.2. The van der Waals surface area contributed by atoms with Gasteiger partial charge in [-0.1, -0.05) is 0 Å². The number of amides is 10. The second kappa shape index (κ2) is 67.6. The zero-order valence-electron chi connectivity index (χ0n) is 83.1. The van der Waals surface area contributed by atoms with Crippen LogP contribution in [-0.4, -0.2) is 336 Å². The number of hydrogen-bond acceptors (Lipinski definition) is 39. The molecule has 10 amide bonds. The molecule has 1 aromatic carbocycles. The molecule has 4 rings (SSSR count). The SMILES string of the molecule is CC(=O)NC1C(OC(C)=O)[C@@H](OC(C)=O)C(COC(C)=O)O[C@H]1OCCCCC(=O)NCCCNC(=O)CCOCC(CNC(=O)CCCC(=O)Oc1c(F)c(F)c(F)c(F)c1F)(COCCC(=O)NCCCNC(=O)CCCCO[C@@H]1OC(COC(C)=O)[C@H](OC(C)=O)C(OC(C)=O)C1NC(C)=O)COCCC(=O)NCCCNC(=O)CCCCO[C@@H]1OC(COC(C)=O)[C@H](OC(C)=O)C(OC(C)=O)C1NC(C)=O. The first kappa shape index (κ1) is 125. The number of esters is 10. The van der Waals surface area contributed by atoms with Crippen LogP contribution < -0.4 is 57.9 Å². The third-order valence-corrected chi connectivity index (χ3v) is 20.9. The van der Waals surface area contributed by atoms with Crippen LogP contribution in [0.5, 0.6) is 5.75 Å². The number of nitrogens with one attached hydrogen (secondary N) is 10. The maximum Gasteiger partial charge on any atom is 0.311 e. The summed E-state index contributed by atoms with van der Waals surface area (Å²) in [5.74, 6) is -27.6. The van der Waals surface area contributed by atoms with E-state index in [1.807, 2.05) is 0 Å².